The van der Waals surface area contributed by atoms with Crippen molar-refractivity contribution in [3.05, 3.63) is 60.4 Å². The molecular formula is C47H66FN5O10S. The molecule has 15 nitrogen and oxygen atoms in total. The highest BCUT2D eigenvalue weighted by atomic mass is 32.2. The Morgan fingerprint density at radius 2 is 1.77 bits per heavy atom. The molecule has 352 valence electrons. The summed E-state index contributed by atoms with van der Waals surface area (Å²) in [5.41, 5.74) is -1.26. The predicted octanol–water partition coefficient (Wildman–Crippen LogP) is 7.31. The van der Waals surface area contributed by atoms with Crippen molar-refractivity contribution in [2.24, 2.45) is 17.8 Å². The number of allylic oxidation sites excluding steroid dienone is 1. The first-order valence-corrected chi connectivity index (χ1v) is 23.7. The van der Waals surface area contributed by atoms with Gasteiger partial charge in [-0.2, -0.15) is 0 Å². The lowest BCUT2D eigenvalue weighted by atomic mass is 9.88. The van der Waals surface area contributed by atoms with Gasteiger partial charge in [-0.1, -0.05) is 26.0 Å². The van der Waals surface area contributed by atoms with Crippen molar-refractivity contribution in [3.63, 3.8) is 0 Å². The molecule has 7 rings (SSSR count). The maximum Gasteiger partial charge on any atom is 0.408 e. The first kappa shape index (κ1) is 46.5. The number of carbonyl (C=O) groups excluding carboxylic acids is 4. The lowest BCUT2D eigenvalue weighted by Gasteiger charge is -2.33. The van der Waals surface area contributed by atoms with Crippen LogP contribution in [0.2, 0.25) is 0 Å². The van der Waals surface area contributed by atoms with Crippen molar-refractivity contribution in [2.75, 3.05) is 13.7 Å². The standard InChI is InChI=1S/C47H60FN5O10S.3H2/c1-26(2)61-32-15-13-29(14-16-32)37-20-30-21-39(60-8)36(48)23-35(30)42(49-37)62-33-22-38-41(54)51-47(44(56)52-64(58,59)34-17-18-34)24-31(47)12-10-9-11-27(3)19-28(4)40(43(55)53(38)25-33)50-45(57)63-46(5,6)7;;;/h10,12-16,20-21,23,26-28,31,33-34,38,40H,9,11,17-19,22,24-25H2,1-8H3,(H,50,57)(H,51,54)(H,52,56);3*1H/b12-10-;;;/t27-,28-,31-,33-,38+,40?,47-;;;/m1.../s1. The van der Waals surface area contributed by atoms with E-state index < -0.39 is 86.1 Å². The number of alkyl carbamates (subject to hydrolysis) is 1. The number of aromatic nitrogens is 1. The van der Waals surface area contributed by atoms with Crippen molar-refractivity contribution in [2.45, 2.75) is 134 Å². The van der Waals surface area contributed by atoms with Crippen LogP contribution in [0.15, 0.2) is 54.6 Å². The van der Waals surface area contributed by atoms with Gasteiger partial charge in [-0.25, -0.2) is 22.6 Å². The number of amides is 4. The first-order valence-electron chi connectivity index (χ1n) is 22.1. The molecule has 64 heavy (non-hydrogen) atoms. The maximum atomic E-state index is 15.4. The number of fused-ring (bicyclic) bond motifs is 3. The van der Waals surface area contributed by atoms with Gasteiger partial charge in [0.2, 0.25) is 27.7 Å². The minimum absolute atomic E-state index is 0. The summed E-state index contributed by atoms with van der Waals surface area (Å²) in [5, 5.41) is 5.87. The number of nitrogens with one attached hydrogen (secondary N) is 3. The molecule has 3 fully saturated rings. The smallest absolute Gasteiger partial charge is 0.408 e. The van der Waals surface area contributed by atoms with E-state index in [9.17, 15) is 22.8 Å². The fourth-order valence-electron chi connectivity index (χ4n) is 8.68. The molecule has 3 aromatic rings. The number of methoxy groups -OCH3 is 1. The van der Waals surface area contributed by atoms with E-state index >= 15 is 9.18 Å². The maximum absolute atomic E-state index is 15.4. The Balaban J connectivity index is 0.00000327. The van der Waals surface area contributed by atoms with Gasteiger partial charge in [0.1, 0.15) is 35.1 Å². The predicted molar refractivity (Wildman–Crippen MR) is 244 cm³/mol. The second-order valence-corrected chi connectivity index (χ2v) is 21.0. The van der Waals surface area contributed by atoms with Crippen molar-refractivity contribution in [1.29, 1.82) is 0 Å². The van der Waals surface area contributed by atoms with Gasteiger partial charge in [-0.05, 0) is 133 Å². The van der Waals surface area contributed by atoms with Gasteiger partial charge in [-0.3, -0.25) is 19.1 Å². The van der Waals surface area contributed by atoms with E-state index in [2.05, 4.69) is 22.3 Å². The molecule has 2 aromatic carbocycles. The van der Waals surface area contributed by atoms with Crippen molar-refractivity contribution >= 4 is 44.6 Å². The van der Waals surface area contributed by atoms with E-state index in [1.54, 1.807) is 26.8 Å². The van der Waals surface area contributed by atoms with Crippen LogP contribution in [0.25, 0.3) is 22.0 Å². The fourth-order valence-corrected chi connectivity index (χ4v) is 10.0. The molecule has 2 aliphatic carbocycles. The molecule has 1 saturated heterocycles. The minimum atomic E-state index is -3.96. The molecule has 3 N–H and O–H groups in total. The number of hydrogen-bond donors (Lipinski definition) is 3. The van der Waals surface area contributed by atoms with Crippen LogP contribution >= 0.6 is 0 Å². The zero-order valence-corrected chi connectivity index (χ0v) is 38.6. The van der Waals surface area contributed by atoms with Crippen LogP contribution in [0.5, 0.6) is 17.4 Å². The summed E-state index contributed by atoms with van der Waals surface area (Å²) in [6.07, 6.45) is 4.89. The number of benzene rings is 2. The molecular weight excluding hydrogens is 846 g/mol. The van der Waals surface area contributed by atoms with Crippen molar-refractivity contribution < 1.29 is 55.2 Å². The van der Waals surface area contributed by atoms with Gasteiger partial charge >= 0.3 is 6.09 Å². The van der Waals surface area contributed by atoms with E-state index in [0.29, 0.717) is 53.5 Å². The van der Waals surface area contributed by atoms with Gasteiger partial charge in [0.15, 0.2) is 11.6 Å². The minimum Gasteiger partial charge on any atom is -0.494 e. The van der Waals surface area contributed by atoms with Crippen LogP contribution in [0.4, 0.5) is 9.18 Å². The van der Waals surface area contributed by atoms with E-state index in [4.69, 9.17) is 23.9 Å². The summed E-state index contributed by atoms with van der Waals surface area (Å²) in [4.78, 5) is 63.2. The number of hydrogen-bond acceptors (Lipinski definition) is 11. The molecule has 0 bridgehead atoms. The molecule has 2 saturated carbocycles. The second-order valence-electron chi connectivity index (χ2n) is 19.1. The van der Waals surface area contributed by atoms with Crippen molar-refractivity contribution in [1.82, 2.24) is 25.2 Å². The molecule has 2 aliphatic heterocycles. The lowest BCUT2D eigenvalue weighted by molar-refractivity contribution is -0.142. The molecule has 0 radical (unpaired) electrons. The Morgan fingerprint density at radius 3 is 2.42 bits per heavy atom. The van der Waals surface area contributed by atoms with Crippen LogP contribution in [0.3, 0.4) is 0 Å². The third kappa shape index (κ3) is 10.6. The molecule has 7 atom stereocenters. The summed E-state index contributed by atoms with van der Waals surface area (Å²) in [7, 11) is -2.60. The molecule has 1 unspecified atom stereocenters. The summed E-state index contributed by atoms with van der Waals surface area (Å²) in [5.74, 6) is -2.86. The molecule has 17 heteroatoms. The average molecular weight is 912 g/mol. The molecule has 4 amide bonds. The Morgan fingerprint density at radius 1 is 1.05 bits per heavy atom. The van der Waals surface area contributed by atoms with E-state index in [0.717, 1.165) is 6.42 Å². The largest absolute Gasteiger partial charge is 0.494 e. The number of nitrogens with zero attached hydrogens (tertiary/aromatic N) is 2. The number of halogens is 1. The SMILES string of the molecule is COc1cc2cc(-c3ccc(OC(C)C)cc3)nc(O[C@@H]3C[C@H]4C(=O)N[C@]5(C(=O)NS(=O)(=O)C6CC6)C[C@H]5/C=C\CC[C@@H](C)C[C@@H](C)C(NC(=O)OC(C)(C)C)C(=O)N4C3)c2cc1F.[HH].[HH].[HH]. The van der Waals surface area contributed by atoms with Crippen LogP contribution < -0.4 is 29.6 Å². The Hall–Kier alpha value is -5.45. The molecule has 3 heterocycles. The fraction of sp³-hybridized carbons (Fsp3) is 0.553. The highest BCUT2D eigenvalue weighted by Crippen LogP contribution is 2.46. The second kappa shape index (κ2) is 18.2. The monoisotopic (exact) mass is 911 g/mol. The van der Waals surface area contributed by atoms with Gasteiger partial charge in [-0.15, -0.1) is 0 Å². The number of carbonyl (C=O) groups is 4. The van der Waals surface area contributed by atoms with Crippen LogP contribution in [0.1, 0.15) is 97.7 Å². The normalized spacial score (nSPS) is 27.0. The van der Waals surface area contributed by atoms with E-state index in [-0.39, 0.29) is 47.3 Å². The highest BCUT2D eigenvalue weighted by molar-refractivity contribution is 7.91. The zero-order valence-electron chi connectivity index (χ0n) is 37.7. The van der Waals surface area contributed by atoms with Gasteiger partial charge in [0.05, 0.1) is 30.7 Å². The van der Waals surface area contributed by atoms with E-state index in [1.165, 1.54) is 24.1 Å². The third-order valence-electron chi connectivity index (χ3n) is 12.2. The van der Waals surface area contributed by atoms with Crippen LogP contribution in [-0.2, 0) is 29.1 Å². The summed E-state index contributed by atoms with van der Waals surface area (Å²) in [6, 6.07) is 9.52. The van der Waals surface area contributed by atoms with Gasteiger partial charge in [0, 0.05) is 27.6 Å². The number of pyridine rings is 1. The Bertz CT molecular complexity index is 2440. The average Bonchev–Trinajstić information content (AvgIpc) is 4.14. The number of sulfonamides is 1. The number of rotatable bonds is 10. The van der Waals surface area contributed by atoms with Gasteiger partial charge in [0.25, 0.3) is 5.91 Å². The Labute approximate surface area is 378 Å². The van der Waals surface area contributed by atoms with E-state index in [1.807, 2.05) is 57.2 Å². The topological polar surface area (TPSA) is 192 Å². The summed E-state index contributed by atoms with van der Waals surface area (Å²) < 4.78 is 67.0. The molecule has 4 aliphatic rings. The first-order chi connectivity index (χ1) is 30.2. The molecule has 0 spiro atoms. The van der Waals surface area contributed by atoms with Crippen molar-refractivity contribution in [3.8, 4) is 28.6 Å². The lowest BCUT2D eigenvalue weighted by Crippen LogP contribution is -2.59. The number of ether oxygens (including phenoxy) is 4. The highest BCUT2D eigenvalue weighted by Gasteiger charge is 2.62. The third-order valence-corrected chi connectivity index (χ3v) is 14.0. The van der Waals surface area contributed by atoms with Crippen LogP contribution in [-0.4, -0.2) is 96.5 Å². The zero-order chi connectivity index (χ0) is 46.3. The van der Waals surface area contributed by atoms with Gasteiger partial charge < -0.3 is 34.5 Å². The Kier molecular flexibility index (Phi) is 13.2. The van der Waals surface area contributed by atoms with Crippen LogP contribution in [0, 0.1) is 23.6 Å². The summed E-state index contributed by atoms with van der Waals surface area (Å²) in [6.45, 7) is 12.8. The quantitative estimate of drug-likeness (QED) is 0.173. The molecule has 1 aromatic heterocycles. The summed E-state index contributed by atoms with van der Waals surface area (Å²) >= 11 is 0.